The van der Waals surface area contributed by atoms with Gasteiger partial charge in [0.05, 0.1) is 11.6 Å². The van der Waals surface area contributed by atoms with E-state index in [0.717, 1.165) is 12.1 Å². The van der Waals surface area contributed by atoms with Crippen LogP contribution < -0.4 is 0 Å². The predicted molar refractivity (Wildman–Crippen MR) is 68.4 cm³/mol. The van der Waals surface area contributed by atoms with E-state index in [0.29, 0.717) is 5.56 Å². The molecule has 2 rings (SSSR count). The van der Waals surface area contributed by atoms with Crippen LogP contribution in [0.15, 0.2) is 48.8 Å². The second kappa shape index (κ2) is 5.75. The normalized spacial score (nSPS) is 12.5. The third-order valence-corrected chi connectivity index (χ3v) is 2.93. The Hall–Kier alpha value is -2.68. The van der Waals surface area contributed by atoms with Crippen LogP contribution in [-0.4, -0.2) is 10.8 Å². The summed E-state index contributed by atoms with van der Waals surface area (Å²) in [5.74, 6) is -2.17. The molecule has 0 aliphatic rings. The smallest absolute Gasteiger partial charge is 0.292 e. The molecule has 6 heteroatoms. The molecule has 2 aromatic rings. The minimum atomic E-state index is -4.65. The highest BCUT2D eigenvalue weighted by molar-refractivity contribution is 6.04. The Balaban J connectivity index is 2.48. The van der Waals surface area contributed by atoms with Gasteiger partial charge in [-0.1, -0.05) is 18.2 Å². The first-order valence-corrected chi connectivity index (χ1v) is 5.95. The van der Waals surface area contributed by atoms with Crippen molar-refractivity contribution >= 4 is 5.78 Å². The summed E-state index contributed by atoms with van der Waals surface area (Å²) in [6.07, 6.45) is -1.89. The van der Waals surface area contributed by atoms with Crippen LogP contribution in [0.3, 0.4) is 0 Å². The minimum Gasteiger partial charge on any atom is -0.292 e. The SMILES string of the molecule is N#CC(C(=O)c1ccccc1C(F)(F)F)c1ccncc1. The van der Waals surface area contributed by atoms with Gasteiger partial charge in [-0.15, -0.1) is 0 Å². The number of pyridine rings is 1. The van der Waals surface area contributed by atoms with Crippen molar-refractivity contribution < 1.29 is 18.0 Å². The maximum absolute atomic E-state index is 12.9. The van der Waals surface area contributed by atoms with E-state index in [4.69, 9.17) is 5.26 Å². The third kappa shape index (κ3) is 3.08. The highest BCUT2D eigenvalue weighted by Gasteiger charge is 2.36. The molecule has 0 aliphatic heterocycles. The fraction of sp³-hybridized carbons (Fsp3) is 0.133. The van der Waals surface area contributed by atoms with Gasteiger partial charge in [0.25, 0.3) is 0 Å². The lowest BCUT2D eigenvalue weighted by Gasteiger charge is -2.14. The van der Waals surface area contributed by atoms with E-state index < -0.39 is 29.0 Å². The minimum absolute atomic E-state index is 0.314. The third-order valence-electron chi connectivity index (χ3n) is 2.93. The summed E-state index contributed by atoms with van der Waals surface area (Å²) in [6, 6.07) is 9.06. The van der Waals surface area contributed by atoms with Crippen LogP contribution in [0.1, 0.15) is 27.4 Å². The highest BCUT2D eigenvalue weighted by Crippen LogP contribution is 2.34. The van der Waals surface area contributed by atoms with Gasteiger partial charge in [-0.25, -0.2) is 0 Å². The molecule has 0 aliphatic carbocycles. The first-order valence-electron chi connectivity index (χ1n) is 5.95. The Morgan fingerprint density at radius 3 is 2.33 bits per heavy atom. The molecule has 1 aromatic carbocycles. The van der Waals surface area contributed by atoms with Gasteiger partial charge in [-0.05, 0) is 23.8 Å². The van der Waals surface area contributed by atoms with E-state index in [1.807, 2.05) is 0 Å². The summed E-state index contributed by atoms with van der Waals surface area (Å²) in [6.45, 7) is 0. The molecule has 0 saturated carbocycles. The Bertz CT molecular complexity index is 690. The standard InChI is InChI=1S/C15H9F3N2O/c16-15(17,18)13-4-2-1-3-11(13)14(21)12(9-19)10-5-7-20-8-6-10/h1-8,12H. The zero-order valence-corrected chi connectivity index (χ0v) is 10.6. The van der Waals surface area contributed by atoms with Gasteiger partial charge in [0.2, 0.25) is 0 Å². The fourth-order valence-corrected chi connectivity index (χ4v) is 1.94. The van der Waals surface area contributed by atoms with Crippen molar-refractivity contribution in [1.82, 2.24) is 4.98 Å². The average Bonchev–Trinajstić information content (AvgIpc) is 2.48. The summed E-state index contributed by atoms with van der Waals surface area (Å²) < 4.78 is 38.8. The number of hydrogen-bond acceptors (Lipinski definition) is 3. The number of ketones is 1. The molecule has 21 heavy (non-hydrogen) atoms. The number of aromatic nitrogens is 1. The number of nitriles is 1. The first kappa shape index (κ1) is 14.7. The lowest BCUT2D eigenvalue weighted by molar-refractivity contribution is -0.137. The van der Waals surface area contributed by atoms with Crippen LogP contribution in [0.4, 0.5) is 13.2 Å². The van der Waals surface area contributed by atoms with Crippen LogP contribution in [-0.2, 0) is 6.18 Å². The van der Waals surface area contributed by atoms with E-state index in [1.165, 1.54) is 36.7 Å². The van der Waals surface area contributed by atoms with Crippen LogP contribution in [0.2, 0.25) is 0 Å². The summed E-state index contributed by atoms with van der Waals surface area (Å²) in [5, 5.41) is 9.13. The summed E-state index contributed by atoms with van der Waals surface area (Å²) in [5.41, 5.74) is -1.23. The molecule has 0 bridgehead atoms. The van der Waals surface area contributed by atoms with Crippen LogP contribution in [0.5, 0.6) is 0 Å². The van der Waals surface area contributed by atoms with Gasteiger partial charge in [-0.3, -0.25) is 9.78 Å². The zero-order valence-electron chi connectivity index (χ0n) is 10.6. The average molecular weight is 290 g/mol. The molecule has 1 aromatic heterocycles. The molecule has 106 valence electrons. The molecule has 0 spiro atoms. The molecular formula is C15H9F3N2O. The van der Waals surface area contributed by atoms with Gasteiger partial charge in [-0.2, -0.15) is 18.4 Å². The molecule has 1 atom stereocenters. The molecule has 0 N–H and O–H groups in total. The van der Waals surface area contributed by atoms with Crippen molar-refractivity contribution in [2.45, 2.75) is 12.1 Å². The monoisotopic (exact) mass is 290 g/mol. The number of nitrogens with zero attached hydrogens (tertiary/aromatic N) is 2. The van der Waals surface area contributed by atoms with Crippen molar-refractivity contribution in [1.29, 1.82) is 5.26 Å². The van der Waals surface area contributed by atoms with Crippen molar-refractivity contribution in [3.8, 4) is 6.07 Å². The lowest BCUT2D eigenvalue weighted by Crippen LogP contribution is -2.17. The predicted octanol–water partition coefficient (Wildman–Crippen LogP) is 3.59. The molecule has 0 fully saturated rings. The number of Topliss-reactive ketones (excluding diaryl/α,β-unsaturated/α-hetero) is 1. The van der Waals surface area contributed by atoms with Gasteiger partial charge in [0.1, 0.15) is 5.92 Å². The second-order valence-electron chi connectivity index (χ2n) is 4.25. The molecule has 1 unspecified atom stereocenters. The molecule has 0 saturated heterocycles. The van der Waals surface area contributed by atoms with Gasteiger partial charge >= 0.3 is 6.18 Å². The lowest BCUT2D eigenvalue weighted by atomic mass is 9.90. The maximum Gasteiger partial charge on any atom is 0.417 e. The van der Waals surface area contributed by atoms with Crippen molar-refractivity contribution in [2.24, 2.45) is 0 Å². The van der Waals surface area contributed by atoms with Crippen LogP contribution in [0, 0.1) is 11.3 Å². The molecule has 1 heterocycles. The zero-order chi connectivity index (χ0) is 15.5. The Labute approximate surface area is 118 Å². The Kier molecular flexibility index (Phi) is 4.03. The second-order valence-corrected chi connectivity index (χ2v) is 4.25. The van der Waals surface area contributed by atoms with E-state index in [9.17, 15) is 18.0 Å². The van der Waals surface area contributed by atoms with Crippen molar-refractivity contribution in [3.63, 3.8) is 0 Å². The van der Waals surface area contributed by atoms with E-state index in [-0.39, 0.29) is 0 Å². The molecule has 0 amide bonds. The maximum atomic E-state index is 12.9. The quantitative estimate of drug-likeness (QED) is 0.812. The topological polar surface area (TPSA) is 53.8 Å². The fourth-order valence-electron chi connectivity index (χ4n) is 1.94. The highest BCUT2D eigenvalue weighted by atomic mass is 19.4. The first-order chi connectivity index (χ1) is 9.95. The number of carbonyl (C=O) groups is 1. The van der Waals surface area contributed by atoms with Crippen molar-refractivity contribution in [3.05, 3.63) is 65.5 Å². The number of carbonyl (C=O) groups excluding carboxylic acids is 1. The summed E-state index contributed by atoms with van der Waals surface area (Å²) in [4.78, 5) is 16.1. The Morgan fingerprint density at radius 2 is 1.76 bits per heavy atom. The van der Waals surface area contributed by atoms with E-state index in [2.05, 4.69) is 4.98 Å². The Morgan fingerprint density at radius 1 is 1.14 bits per heavy atom. The van der Waals surface area contributed by atoms with E-state index >= 15 is 0 Å². The number of rotatable bonds is 3. The van der Waals surface area contributed by atoms with Gasteiger partial charge < -0.3 is 0 Å². The summed E-state index contributed by atoms with van der Waals surface area (Å²) in [7, 11) is 0. The largest absolute Gasteiger partial charge is 0.417 e. The van der Waals surface area contributed by atoms with E-state index in [1.54, 1.807) is 6.07 Å². The van der Waals surface area contributed by atoms with Crippen LogP contribution >= 0.6 is 0 Å². The molecule has 0 radical (unpaired) electrons. The summed E-state index contributed by atoms with van der Waals surface area (Å²) >= 11 is 0. The van der Waals surface area contributed by atoms with Crippen LogP contribution in [0.25, 0.3) is 0 Å². The number of benzene rings is 1. The number of hydrogen-bond donors (Lipinski definition) is 0. The molecule has 3 nitrogen and oxygen atoms in total. The van der Waals surface area contributed by atoms with Crippen molar-refractivity contribution in [2.75, 3.05) is 0 Å². The van der Waals surface area contributed by atoms with Gasteiger partial charge in [0.15, 0.2) is 5.78 Å². The molecular weight excluding hydrogens is 281 g/mol. The van der Waals surface area contributed by atoms with Gasteiger partial charge in [0, 0.05) is 18.0 Å². The number of halogens is 3. The number of alkyl halides is 3.